The SMILES string of the molecule is CC(C)C[C@H](c1cc(F)cc([N+](=O)[O-])c1O)N1CCNCC1.Cl.Cl. The summed E-state index contributed by atoms with van der Waals surface area (Å²) in [6.07, 6.45) is 0.703. The molecule has 0 aromatic heterocycles. The molecule has 0 radical (unpaired) electrons. The maximum absolute atomic E-state index is 13.8. The van der Waals surface area contributed by atoms with Crippen molar-refractivity contribution in [3.8, 4) is 5.75 Å². The minimum atomic E-state index is -0.744. The summed E-state index contributed by atoms with van der Waals surface area (Å²) < 4.78 is 13.8. The second-order valence-electron chi connectivity index (χ2n) is 6.05. The molecule has 2 N–H and O–H groups in total. The smallest absolute Gasteiger partial charge is 0.313 e. The highest BCUT2D eigenvalue weighted by atomic mass is 35.5. The predicted octanol–water partition coefficient (Wildman–Crippen LogP) is 3.28. The molecule has 1 fully saturated rings. The molecule has 1 heterocycles. The van der Waals surface area contributed by atoms with Gasteiger partial charge >= 0.3 is 5.69 Å². The minimum Gasteiger partial charge on any atom is -0.502 e. The Labute approximate surface area is 153 Å². The van der Waals surface area contributed by atoms with Crippen LogP contribution in [-0.2, 0) is 0 Å². The molecule has 2 rings (SSSR count). The number of hydrogen-bond donors (Lipinski definition) is 2. The molecule has 138 valence electrons. The van der Waals surface area contributed by atoms with Gasteiger partial charge in [-0.3, -0.25) is 15.0 Å². The first-order valence-corrected chi connectivity index (χ1v) is 7.51. The van der Waals surface area contributed by atoms with E-state index in [9.17, 15) is 19.6 Å². The van der Waals surface area contributed by atoms with E-state index in [0.717, 1.165) is 32.2 Å². The number of rotatable bonds is 5. The fraction of sp³-hybridized carbons (Fsp3) is 0.600. The van der Waals surface area contributed by atoms with Gasteiger partial charge in [-0.1, -0.05) is 13.8 Å². The van der Waals surface area contributed by atoms with Gasteiger partial charge in [-0.15, -0.1) is 24.8 Å². The second kappa shape index (κ2) is 9.98. The van der Waals surface area contributed by atoms with Crippen LogP contribution in [0, 0.1) is 21.8 Å². The van der Waals surface area contributed by atoms with Crippen molar-refractivity contribution in [1.29, 1.82) is 0 Å². The largest absolute Gasteiger partial charge is 0.502 e. The normalized spacial score (nSPS) is 16.2. The van der Waals surface area contributed by atoms with Crippen molar-refractivity contribution in [2.45, 2.75) is 26.3 Å². The molecular weight excluding hydrogens is 360 g/mol. The molecule has 9 heteroatoms. The lowest BCUT2D eigenvalue weighted by Gasteiger charge is -2.36. The van der Waals surface area contributed by atoms with Gasteiger partial charge in [0.05, 0.1) is 11.0 Å². The van der Waals surface area contributed by atoms with Crippen LogP contribution in [0.2, 0.25) is 0 Å². The van der Waals surface area contributed by atoms with Crippen molar-refractivity contribution in [1.82, 2.24) is 10.2 Å². The summed E-state index contributed by atoms with van der Waals surface area (Å²) >= 11 is 0. The maximum atomic E-state index is 13.8. The molecule has 24 heavy (non-hydrogen) atoms. The maximum Gasteiger partial charge on any atom is 0.313 e. The van der Waals surface area contributed by atoms with Crippen molar-refractivity contribution in [2.24, 2.45) is 5.92 Å². The van der Waals surface area contributed by atoms with Crippen molar-refractivity contribution in [3.63, 3.8) is 0 Å². The van der Waals surface area contributed by atoms with Gasteiger partial charge in [0.1, 0.15) is 5.82 Å². The van der Waals surface area contributed by atoms with E-state index in [4.69, 9.17) is 0 Å². The Morgan fingerprint density at radius 1 is 1.33 bits per heavy atom. The number of phenolic OH excluding ortho intramolecular Hbond substituents is 1. The van der Waals surface area contributed by atoms with E-state index >= 15 is 0 Å². The molecule has 0 unspecified atom stereocenters. The van der Waals surface area contributed by atoms with Gasteiger partial charge in [-0.25, -0.2) is 4.39 Å². The molecule has 0 saturated carbocycles. The van der Waals surface area contributed by atoms with E-state index in [2.05, 4.69) is 10.2 Å². The van der Waals surface area contributed by atoms with E-state index in [0.29, 0.717) is 17.9 Å². The highest BCUT2D eigenvalue weighted by Gasteiger charge is 2.29. The first-order valence-electron chi connectivity index (χ1n) is 7.51. The highest BCUT2D eigenvalue weighted by Crippen LogP contribution is 2.39. The van der Waals surface area contributed by atoms with Gasteiger partial charge in [0.2, 0.25) is 0 Å². The fourth-order valence-electron chi connectivity index (χ4n) is 2.91. The first kappa shape index (κ1) is 22.9. The summed E-state index contributed by atoms with van der Waals surface area (Å²) in [5.74, 6) is -0.791. The predicted molar refractivity (Wildman–Crippen MR) is 95.9 cm³/mol. The second-order valence-corrected chi connectivity index (χ2v) is 6.05. The van der Waals surface area contributed by atoms with Gasteiger partial charge in [0, 0.05) is 37.8 Å². The third-order valence-corrected chi connectivity index (χ3v) is 3.93. The number of benzene rings is 1. The minimum absolute atomic E-state index is 0. The van der Waals surface area contributed by atoms with Gasteiger partial charge < -0.3 is 10.4 Å². The highest BCUT2D eigenvalue weighted by molar-refractivity contribution is 5.85. The molecule has 1 saturated heterocycles. The van der Waals surface area contributed by atoms with E-state index in [1.165, 1.54) is 6.07 Å². The quantitative estimate of drug-likeness (QED) is 0.602. The molecule has 1 aliphatic heterocycles. The number of nitro groups is 1. The van der Waals surface area contributed by atoms with Gasteiger partial charge in [0.25, 0.3) is 0 Å². The summed E-state index contributed by atoms with van der Waals surface area (Å²) in [4.78, 5) is 12.4. The van der Waals surface area contributed by atoms with Crippen LogP contribution in [0.4, 0.5) is 10.1 Å². The standard InChI is InChI=1S/C15H22FN3O3.2ClH/c1-10(2)7-13(18-5-3-17-4-6-18)12-8-11(16)9-14(15(12)20)19(21)22;;/h8-10,13,17,20H,3-7H2,1-2H3;2*1H/t13-;;/m1../s1. The van der Waals surface area contributed by atoms with Gasteiger partial charge in [0.15, 0.2) is 5.75 Å². The van der Waals surface area contributed by atoms with E-state index in [-0.39, 0.29) is 30.9 Å². The van der Waals surface area contributed by atoms with Crippen LogP contribution < -0.4 is 5.32 Å². The molecule has 6 nitrogen and oxygen atoms in total. The number of phenols is 1. The third kappa shape index (κ3) is 5.44. The van der Waals surface area contributed by atoms with E-state index in [1.807, 2.05) is 13.8 Å². The summed E-state index contributed by atoms with van der Waals surface area (Å²) in [6, 6.07) is 1.76. The summed E-state index contributed by atoms with van der Waals surface area (Å²) in [6.45, 7) is 7.24. The number of hydrogen-bond acceptors (Lipinski definition) is 5. The Morgan fingerprint density at radius 3 is 2.42 bits per heavy atom. The summed E-state index contributed by atoms with van der Waals surface area (Å²) in [7, 11) is 0. The molecule has 1 aromatic rings. The Kier molecular flexibility index (Phi) is 9.50. The first-order chi connectivity index (χ1) is 10.4. The topological polar surface area (TPSA) is 78.6 Å². The zero-order valence-corrected chi connectivity index (χ0v) is 15.3. The molecule has 0 aliphatic carbocycles. The number of halogens is 3. The molecule has 1 atom stereocenters. The fourth-order valence-corrected chi connectivity index (χ4v) is 2.91. The summed E-state index contributed by atoms with van der Waals surface area (Å²) in [5, 5.41) is 24.5. The van der Waals surface area contributed by atoms with Gasteiger partial charge in [-0.2, -0.15) is 0 Å². The molecule has 1 aromatic carbocycles. The van der Waals surface area contributed by atoms with Crippen LogP contribution in [0.1, 0.15) is 31.9 Å². The number of nitrogens with zero attached hydrogens (tertiary/aromatic N) is 2. The van der Waals surface area contributed by atoms with Crippen molar-refractivity contribution < 1.29 is 14.4 Å². The van der Waals surface area contributed by atoms with E-state index in [1.54, 1.807) is 0 Å². The molecule has 0 bridgehead atoms. The summed E-state index contributed by atoms with van der Waals surface area (Å²) in [5.41, 5.74) is -0.263. The molecule has 0 spiro atoms. The van der Waals surface area contributed by atoms with Crippen LogP contribution in [0.5, 0.6) is 5.75 Å². The molecule has 0 amide bonds. The van der Waals surface area contributed by atoms with Crippen molar-refractivity contribution in [2.75, 3.05) is 26.2 Å². The average Bonchev–Trinajstić information content (AvgIpc) is 2.47. The van der Waals surface area contributed by atoms with Gasteiger partial charge in [-0.05, 0) is 18.4 Å². The van der Waals surface area contributed by atoms with Crippen molar-refractivity contribution >= 4 is 30.5 Å². The molecular formula is C15H24Cl2FN3O3. The Bertz CT molecular complexity index is 555. The van der Waals surface area contributed by atoms with Crippen LogP contribution in [-0.4, -0.2) is 41.1 Å². The van der Waals surface area contributed by atoms with Crippen molar-refractivity contribution in [3.05, 3.63) is 33.6 Å². The average molecular weight is 384 g/mol. The zero-order valence-electron chi connectivity index (χ0n) is 13.7. The lowest BCUT2D eigenvalue weighted by molar-refractivity contribution is -0.386. The number of nitro benzene ring substituents is 1. The monoisotopic (exact) mass is 383 g/mol. The van der Waals surface area contributed by atoms with E-state index < -0.39 is 22.2 Å². The molecule has 1 aliphatic rings. The van der Waals surface area contributed by atoms with Crippen LogP contribution in [0.25, 0.3) is 0 Å². The Hall–Kier alpha value is -1.15. The third-order valence-electron chi connectivity index (χ3n) is 3.93. The lowest BCUT2D eigenvalue weighted by atomic mass is 9.93. The Morgan fingerprint density at radius 2 is 1.92 bits per heavy atom. The lowest BCUT2D eigenvalue weighted by Crippen LogP contribution is -2.45. The number of nitrogens with one attached hydrogen (secondary N) is 1. The Balaban J connectivity index is 0.00000264. The van der Waals surface area contributed by atoms with Crippen LogP contribution in [0.3, 0.4) is 0 Å². The number of piperazine rings is 1. The zero-order chi connectivity index (χ0) is 16.3. The van der Waals surface area contributed by atoms with Crippen LogP contribution >= 0.6 is 24.8 Å². The number of aromatic hydroxyl groups is 1. The van der Waals surface area contributed by atoms with Crippen LogP contribution in [0.15, 0.2) is 12.1 Å².